The largest absolute Gasteiger partial charge is 0.378 e. The van der Waals surface area contributed by atoms with Crippen LogP contribution in [0.3, 0.4) is 0 Å². The van der Waals surface area contributed by atoms with E-state index < -0.39 is 0 Å². The third-order valence-electron chi connectivity index (χ3n) is 1.01. The van der Waals surface area contributed by atoms with Gasteiger partial charge in [0.15, 0.2) is 0 Å². The van der Waals surface area contributed by atoms with Crippen LogP contribution in [0.25, 0.3) is 0 Å². The summed E-state index contributed by atoms with van der Waals surface area (Å²) in [5.41, 5.74) is -0.0446. The van der Waals surface area contributed by atoms with E-state index in [-0.39, 0.29) is 5.60 Å². The van der Waals surface area contributed by atoms with E-state index in [4.69, 9.17) is 17.0 Å². The van der Waals surface area contributed by atoms with E-state index in [9.17, 15) is 0 Å². The fourth-order valence-electron chi connectivity index (χ4n) is 0.584. The molecule has 1 N–H and O–H groups in total. The van der Waals surface area contributed by atoms with Gasteiger partial charge in [0.2, 0.25) is 0 Å². The lowest BCUT2D eigenvalue weighted by Gasteiger charge is -2.19. The van der Waals surface area contributed by atoms with Crippen molar-refractivity contribution in [3.05, 3.63) is 0 Å². The molecule has 0 amide bonds. The van der Waals surface area contributed by atoms with Crippen molar-refractivity contribution in [2.24, 2.45) is 0 Å². The summed E-state index contributed by atoms with van der Waals surface area (Å²) in [6, 6.07) is 0. The van der Waals surface area contributed by atoms with E-state index in [1.54, 1.807) is 0 Å². The Hall–Kier alpha value is -0.150. The zero-order valence-corrected chi connectivity index (χ0v) is 8.55. The number of nitrogens with one attached hydrogen (secondary N) is 1. The molecule has 0 aromatic heterocycles. The Morgan fingerprint density at radius 2 is 2.00 bits per heavy atom. The number of hydrogen-bond donors (Lipinski definition) is 1. The van der Waals surface area contributed by atoms with E-state index in [1.807, 2.05) is 27.7 Å². The molecule has 2 nitrogen and oxygen atoms in total. The Labute approximate surface area is 74.3 Å². The Morgan fingerprint density at radius 1 is 1.45 bits per heavy atom. The second-order valence-electron chi connectivity index (χ2n) is 3.44. The Balaban J connectivity index is 3.22. The molecule has 0 spiro atoms. The Kier molecular flexibility index (Phi) is 4.61. The lowest BCUT2D eigenvalue weighted by molar-refractivity contribution is 0.000597. The third kappa shape index (κ3) is 9.85. The summed E-state index contributed by atoms with van der Waals surface area (Å²) in [6.07, 6.45) is 0. The first kappa shape index (κ1) is 10.8. The van der Waals surface area contributed by atoms with Gasteiger partial charge in [-0.3, -0.25) is 0 Å². The molecule has 3 heteroatoms. The molecule has 0 aromatic carbocycles. The molecular formula is C8H17NOS. The van der Waals surface area contributed by atoms with Crippen molar-refractivity contribution in [1.82, 2.24) is 5.32 Å². The van der Waals surface area contributed by atoms with Crippen LogP contribution in [-0.4, -0.2) is 23.7 Å². The van der Waals surface area contributed by atoms with Crippen LogP contribution in [-0.2, 0) is 4.74 Å². The molecule has 66 valence electrons. The highest BCUT2D eigenvalue weighted by molar-refractivity contribution is 7.80. The maximum Gasteiger partial charge on any atom is 0.0722 e. The van der Waals surface area contributed by atoms with Crippen molar-refractivity contribution in [2.75, 3.05) is 13.2 Å². The molecular weight excluding hydrogens is 158 g/mol. The zero-order chi connectivity index (χ0) is 8.91. The first-order chi connectivity index (χ1) is 4.92. The molecule has 11 heavy (non-hydrogen) atoms. The molecule has 0 fully saturated rings. The molecule has 0 aliphatic carbocycles. The normalized spacial score (nSPS) is 11.3. The second-order valence-corrected chi connectivity index (χ2v) is 4.06. The third-order valence-corrected chi connectivity index (χ3v) is 1.16. The van der Waals surface area contributed by atoms with Gasteiger partial charge in [-0.2, -0.15) is 0 Å². The van der Waals surface area contributed by atoms with Crippen molar-refractivity contribution < 1.29 is 4.74 Å². The predicted octanol–water partition coefficient (Wildman–Crippen LogP) is 1.74. The van der Waals surface area contributed by atoms with Crippen LogP contribution in [0.1, 0.15) is 27.7 Å². The molecule has 0 radical (unpaired) electrons. The van der Waals surface area contributed by atoms with E-state index in [0.717, 1.165) is 11.5 Å². The molecule has 0 saturated carbocycles. The molecule has 0 atom stereocenters. The Bertz CT molecular complexity index is 129. The summed E-state index contributed by atoms with van der Waals surface area (Å²) in [5, 5.41) is 3.02. The average molecular weight is 175 g/mol. The summed E-state index contributed by atoms with van der Waals surface area (Å²) in [4.78, 5) is 0.822. The van der Waals surface area contributed by atoms with Gasteiger partial charge in [0.05, 0.1) is 17.2 Å². The number of hydrogen-bond acceptors (Lipinski definition) is 2. The van der Waals surface area contributed by atoms with Crippen LogP contribution in [0.5, 0.6) is 0 Å². The first-order valence-corrected chi connectivity index (χ1v) is 4.21. The number of rotatable bonds is 3. The fraction of sp³-hybridized carbons (Fsp3) is 0.875. The van der Waals surface area contributed by atoms with Gasteiger partial charge in [-0.25, -0.2) is 0 Å². The van der Waals surface area contributed by atoms with Gasteiger partial charge in [-0.15, -0.1) is 0 Å². The van der Waals surface area contributed by atoms with Crippen molar-refractivity contribution in [3.8, 4) is 0 Å². The zero-order valence-electron chi connectivity index (χ0n) is 7.73. The standard InChI is InChI=1S/C8H17NOS/c1-7(11)9-5-6-10-8(2,3)4/h5-6H2,1-4H3,(H,9,11). The topological polar surface area (TPSA) is 21.3 Å². The predicted molar refractivity (Wildman–Crippen MR) is 52.0 cm³/mol. The summed E-state index contributed by atoms with van der Waals surface area (Å²) in [5.74, 6) is 0. The lowest BCUT2D eigenvalue weighted by Crippen LogP contribution is -2.28. The van der Waals surface area contributed by atoms with Crippen LogP contribution >= 0.6 is 12.2 Å². The van der Waals surface area contributed by atoms with Crippen molar-refractivity contribution >= 4 is 17.2 Å². The molecule has 0 unspecified atom stereocenters. The first-order valence-electron chi connectivity index (χ1n) is 3.80. The van der Waals surface area contributed by atoms with Crippen molar-refractivity contribution in [1.29, 1.82) is 0 Å². The lowest BCUT2D eigenvalue weighted by atomic mass is 10.2. The van der Waals surface area contributed by atoms with E-state index in [0.29, 0.717) is 6.61 Å². The highest BCUT2D eigenvalue weighted by Gasteiger charge is 2.08. The second kappa shape index (κ2) is 4.67. The Morgan fingerprint density at radius 3 is 2.36 bits per heavy atom. The van der Waals surface area contributed by atoms with Gasteiger partial charge < -0.3 is 10.1 Å². The van der Waals surface area contributed by atoms with Crippen LogP contribution < -0.4 is 5.32 Å². The van der Waals surface area contributed by atoms with E-state index in [1.165, 1.54) is 0 Å². The quantitative estimate of drug-likeness (QED) is 0.521. The molecule has 0 bridgehead atoms. The minimum absolute atomic E-state index is 0.0446. The van der Waals surface area contributed by atoms with Crippen LogP contribution in [0.15, 0.2) is 0 Å². The van der Waals surface area contributed by atoms with Crippen molar-refractivity contribution in [3.63, 3.8) is 0 Å². The van der Waals surface area contributed by atoms with Gasteiger partial charge in [0.1, 0.15) is 0 Å². The van der Waals surface area contributed by atoms with Crippen LogP contribution in [0.4, 0.5) is 0 Å². The highest BCUT2D eigenvalue weighted by atomic mass is 32.1. The summed E-state index contributed by atoms with van der Waals surface area (Å²) in [6.45, 7) is 9.49. The summed E-state index contributed by atoms with van der Waals surface area (Å²) < 4.78 is 5.46. The molecule has 0 heterocycles. The SMILES string of the molecule is CC(=S)NCCOC(C)(C)C. The monoisotopic (exact) mass is 175 g/mol. The van der Waals surface area contributed by atoms with Gasteiger partial charge >= 0.3 is 0 Å². The molecule has 0 aliphatic heterocycles. The van der Waals surface area contributed by atoms with Gasteiger partial charge in [0.25, 0.3) is 0 Å². The molecule has 0 aliphatic rings. The number of thiocarbonyl (C=S) groups is 1. The summed E-state index contributed by atoms with van der Waals surface area (Å²) >= 11 is 4.84. The molecule has 0 aromatic rings. The number of ether oxygens (including phenoxy) is 1. The van der Waals surface area contributed by atoms with Crippen LogP contribution in [0.2, 0.25) is 0 Å². The van der Waals surface area contributed by atoms with Crippen LogP contribution in [0, 0.1) is 0 Å². The van der Waals surface area contributed by atoms with Gasteiger partial charge in [0, 0.05) is 6.54 Å². The smallest absolute Gasteiger partial charge is 0.0722 e. The summed E-state index contributed by atoms with van der Waals surface area (Å²) in [7, 11) is 0. The van der Waals surface area contributed by atoms with Gasteiger partial charge in [-0.05, 0) is 27.7 Å². The minimum atomic E-state index is -0.0446. The van der Waals surface area contributed by atoms with E-state index in [2.05, 4.69) is 5.32 Å². The maximum absolute atomic E-state index is 5.46. The highest BCUT2D eigenvalue weighted by Crippen LogP contribution is 2.04. The maximum atomic E-state index is 5.46. The minimum Gasteiger partial charge on any atom is -0.378 e. The fourth-order valence-corrected chi connectivity index (χ4v) is 0.686. The van der Waals surface area contributed by atoms with Crippen molar-refractivity contribution in [2.45, 2.75) is 33.3 Å². The molecule has 0 rings (SSSR count). The molecule has 0 saturated heterocycles. The van der Waals surface area contributed by atoms with Gasteiger partial charge in [-0.1, -0.05) is 12.2 Å². The average Bonchev–Trinajstić information content (AvgIpc) is 1.78. The van der Waals surface area contributed by atoms with E-state index >= 15 is 0 Å².